The maximum absolute atomic E-state index is 13.6. The van der Waals surface area contributed by atoms with Crippen molar-refractivity contribution in [3.63, 3.8) is 0 Å². The number of hydrogen-bond acceptors (Lipinski definition) is 4. The van der Waals surface area contributed by atoms with Gasteiger partial charge >= 0.3 is 12.4 Å². The molecule has 0 N–H and O–H groups in total. The number of aryl methyl sites for hydroxylation is 2. The Hall–Kier alpha value is -2.15. The normalized spacial score (nSPS) is 16.3. The number of hydrazone groups is 1. The highest BCUT2D eigenvalue weighted by Crippen LogP contribution is 2.37. The fourth-order valence-electron chi connectivity index (χ4n) is 2.66. The molecule has 0 aromatic carbocycles. The van der Waals surface area contributed by atoms with Gasteiger partial charge in [0.05, 0.1) is 5.69 Å². The van der Waals surface area contributed by atoms with Crippen LogP contribution in [0.3, 0.4) is 0 Å². The first kappa shape index (κ1) is 20.6. The first-order valence-corrected chi connectivity index (χ1v) is 8.70. The minimum atomic E-state index is -4.93. The Morgan fingerprint density at radius 1 is 1.04 bits per heavy atom. The summed E-state index contributed by atoms with van der Waals surface area (Å²) in [5.74, 6) is 0. The van der Waals surface area contributed by atoms with Crippen molar-refractivity contribution < 1.29 is 26.3 Å². The molecular weight excluding hydrogens is 458 g/mol. The predicted octanol–water partition coefficient (Wildman–Crippen LogP) is 4.46. The maximum Gasteiger partial charge on any atom is 0.441 e. The van der Waals surface area contributed by atoms with Crippen LogP contribution in [0.15, 0.2) is 27.5 Å². The molecular formula is C15H13BrF6N6+. The van der Waals surface area contributed by atoms with Gasteiger partial charge in [-0.3, -0.25) is 0 Å². The van der Waals surface area contributed by atoms with E-state index >= 15 is 0 Å². The molecule has 0 spiro atoms. The number of aromatic nitrogens is 4. The van der Waals surface area contributed by atoms with Crippen molar-refractivity contribution in [2.24, 2.45) is 5.10 Å². The van der Waals surface area contributed by atoms with Gasteiger partial charge in [0.2, 0.25) is 11.4 Å². The van der Waals surface area contributed by atoms with E-state index in [2.05, 4.69) is 31.2 Å². The molecule has 1 radical (unpaired) electrons. The van der Waals surface area contributed by atoms with Crippen LogP contribution in [-0.2, 0) is 12.6 Å². The highest BCUT2D eigenvalue weighted by molar-refractivity contribution is 9.10. The van der Waals surface area contributed by atoms with E-state index in [4.69, 9.17) is 0 Å². The molecule has 0 amide bonds. The lowest BCUT2D eigenvalue weighted by molar-refractivity contribution is -0.141. The summed E-state index contributed by atoms with van der Waals surface area (Å²) >= 11 is 2.85. The van der Waals surface area contributed by atoms with E-state index in [0.717, 1.165) is 9.91 Å². The Morgan fingerprint density at radius 3 is 2.14 bits per heavy atom. The molecule has 3 rings (SSSR count). The Labute approximate surface area is 163 Å². The van der Waals surface area contributed by atoms with Gasteiger partial charge in [-0.15, -0.1) is 5.10 Å². The third kappa shape index (κ3) is 3.48. The van der Waals surface area contributed by atoms with E-state index < -0.39 is 29.5 Å². The Bertz CT molecular complexity index is 980. The Balaban J connectivity index is 2.20. The van der Waals surface area contributed by atoms with E-state index in [9.17, 15) is 26.3 Å². The molecule has 0 bridgehead atoms. The fourth-order valence-corrected chi connectivity index (χ4v) is 3.13. The summed E-state index contributed by atoms with van der Waals surface area (Å²) in [7, 11) is 0. The van der Waals surface area contributed by atoms with Gasteiger partial charge in [-0.2, -0.15) is 31.4 Å². The van der Waals surface area contributed by atoms with E-state index in [-0.39, 0.29) is 10.3 Å². The summed E-state index contributed by atoms with van der Waals surface area (Å²) in [5.41, 5.74) is -2.28. The number of rotatable bonds is 3. The largest absolute Gasteiger partial charge is 0.441 e. The van der Waals surface area contributed by atoms with Crippen molar-refractivity contribution in [3.8, 4) is 0 Å². The molecule has 2 aromatic rings. The number of allylic oxidation sites excluding steroid dienone is 2. The van der Waals surface area contributed by atoms with E-state index in [1.54, 1.807) is 13.0 Å². The molecule has 3 heterocycles. The van der Waals surface area contributed by atoms with Crippen molar-refractivity contribution in [2.75, 3.05) is 0 Å². The molecule has 1 aliphatic heterocycles. The number of nitrogens with zero attached hydrogens (tertiary/aromatic N) is 6. The Morgan fingerprint density at radius 2 is 1.68 bits per heavy atom. The SMILES string of the molecule is CCc1cc(C)n([N+]2N=C(C(F)(F)F)C(n3nc(C(F)(F)F)cc3Br)=C2C)n1. The van der Waals surface area contributed by atoms with E-state index in [1.807, 2.05) is 6.92 Å². The second-order valence-corrected chi connectivity index (χ2v) is 6.76. The van der Waals surface area contributed by atoms with Gasteiger partial charge in [-0.1, -0.05) is 6.92 Å². The predicted molar refractivity (Wildman–Crippen MR) is 91.2 cm³/mol. The van der Waals surface area contributed by atoms with E-state index in [1.165, 1.54) is 6.92 Å². The average molecular weight is 471 g/mol. The van der Waals surface area contributed by atoms with Gasteiger partial charge in [0.25, 0.3) is 0 Å². The molecule has 0 saturated carbocycles. The Kier molecular flexibility index (Phi) is 4.94. The third-order valence-corrected chi connectivity index (χ3v) is 4.52. The minimum absolute atomic E-state index is 0.0845. The van der Waals surface area contributed by atoms with Crippen LogP contribution in [-0.4, -0.2) is 31.6 Å². The molecule has 151 valence electrons. The molecule has 0 aliphatic carbocycles. The third-order valence-electron chi connectivity index (χ3n) is 3.95. The van der Waals surface area contributed by atoms with Crippen LogP contribution in [0, 0.1) is 6.92 Å². The van der Waals surface area contributed by atoms with Crippen LogP contribution in [0.1, 0.15) is 30.9 Å². The van der Waals surface area contributed by atoms with Gasteiger partial charge < -0.3 is 0 Å². The van der Waals surface area contributed by atoms with Crippen molar-refractivity contribution in [3.05, 3.63) is 39.5 Å². The summed E-state index contributed by atoms with van der Waals surface area (Å²) in [4.78, 5) is 1.16. The molecule has 0 atom stereocenters. The van der Waals surface area contributed by atoms with E-state index in [0.29, 0.717) is 28.6 Å². The molecule has 2 aromatic heterocycles. The zero-order valence-electron chi connectivity index (χ0n) is 14.7. The molecule has 6 nitrogen and oxygen atoms in total. The molecule has 13 heteroatoms. The first-order valence-electron chi connectivity index (χ1n) is 7.90. The van der Waals surface area contributed by atoms with Crippen molar-refractivity contribution in [1.82, 2.24) is 24.8 Å². The first-order chi connectivity index (χ1) is 12.8. The fraction of sp³-hybridized carbons (Fsp3) is 0.400. The summed E-state index contributed by atoms with van der Waals surface area (Å²) < 4.78 is 79.9. The average Bonchev–Trinajstić information content (AvgIpc) is 3.21. The lowest BCUT2D eigenvalue weighted by Gasteiger charge is -2.08. The lowest BCUT2D eigenvalue weighted by atomic mass is 10.2. The lowest BCUT2D eigenvalue weighted by Crippen LogP contribution is -2.30. The van der Waals surface area contributed by atoms with Gasteiger partial charge in [0, 0.05) is 18.1 Å². The van der Waals surface area contributed by atoms with Gasteiger partial charge in [0.1, 0.15) is 15.4 Å². The zero-order chi connectivity index (χ0) is 21.0. The van der Waals surface area contributed by atoms with Crippen LogP contribution in [0.2, 0.25) is 0 Å². The monoisotopic (exact) mass is 470 g/mol. The van der Waals surface area contributed by atoms with Crippen molar-refractivity contribution >= 4 is 27.3 Å². The van der Waals surface area contributed by atoms with Crippen molar-refractivity contribution in [1.29, 1.82) is 0 Å². The van der Waals surface area contributed by atoms with Crippen LogP contribution in [0.5, 0.6) is 0 Å². The number of hydrogen-bond donors (Lipinski definition) is 0. The molecule has 28 heavy (non-hydrogen) atoms. The second kappa shape index (κ2) is 6.72. The van der Waals surface area contributed by atoms with Gasteiger partial charge in [-0.05, 0) is 40.1 Å². The number of halogens is 7. The van der Waals surface area contributed by atoms with Crippen molar-refractivity contribution in [2.45, 2.75) is 39.5 Å². The zero-order valence-corrected chi connectivity index (χ0v) is 16.3. The highest BCUT2D eigenvalue weighted by atomic mass is 79.9. The minimum Gasteiger partial charge on any atom is -0.217 e. The van der Waals surface area contributed by atoms with Crippen LogP contribution < -0.4 is 5.12 Å². The molecule has 1 aliphatic rings. The smallest absolute Gasteiger partial charge is 0.217 e. The summed E-state index contributed by atoms with van der Waals surface area (Å²) in [5, 5.41) is 12.0. The molecule has 0 fully saturated rings. The quantitative estimate of drug-likeness (QED) is 0.491. The maximum atomic E-state index is 13.6. The highest BCUT2D eigenvalue weighted by Gasteiger charge is 2.52. The van der Waals surface area contributed by atoms with Crippen LogP contribution >= 0.6 is 15.9 Å². The summed E-state index contributed by atoms with van der Waals surface area (Å²) in [6, 6.07) is 2.28. The van der Waals surface area contributed by atoms with Crippen LogP contribution in [0.4, 0.5) is 26.3 Å². The summed E-state index contributed by atoms with van der Waals surface area (Å²) in [6.07, 6.45) is -9.19. The number of alkyl halides is 6. The molecule has 0 unspecified atom stereocenters. The second-order valence-electron chi connectivity index (χ2n) is 5.95. The standard InChI is InChI=1S/C15H13BrF6N6/c1-4-9-5-7(2)27(23-9)28-8(3)12(13(25-28)15(20,21)22)26-11(16)6-10(24-26)14(17,18)19/h5-6H,4H2,1-3H3/q+1. The van der Waals surface area contributed by atoms with Gasteiger partial charge in [0.15, 0.2) is 11.4 Å². The van der Waals surface area contributed by atoms with Crippen LogP contribution in [0.25, 0.3) is 5.70 Å². The molecule has 0 saturated heterocycles. The topological polar surface area (TPSA) is 53.9 Å². The summed E-state index contributed by atoms with van der Waals surface area (Å²) in [6.45, 7) is 4.76. The van der Waals surface area contributed by atoms with Gasteiger partial charge in [-0.25, -0.2) is 4.68 Å².